The molecule has 0 atom stereocenters. The summed E-state index contributed by atoms with van der Waals surface area (Å²) in [5.74, 6) is 0. The third kappa shape index (κ3) is 12.1. The fourth-order valence-electron chi connectivity index (χ4n) is 1.32. The minimum absolute atomic E-state index is 0.146. The third-order valence-electron chi connectivity index (χ3n) is 2.13. The van der Waals surface area contributed by atoms with E-state index in [1.54, 1.807) is 7.11 Å². The zero-order valence-corrected chi connectivity index (χ0v) is 11.6. The molecule has 0 bridgehead atoms. The number of ether oxygens (including phenoxy) is 4. The molecule has 5 nitrogen and oxygen atoms in total. The molecule has 1 N–H and O–H groups in total. The first kappa shape index (κ1) is 16.8. The molecule has 0 saturated heterocycles. The van der Waals surface area contributed by atoms with Crippen molar-refractivity contribution in [2.75, 3.05) is 60.3 Å². The molecule has 0 aliphatic carbocycles. The van der Waals surface area contributed by atoms with Gasteiger partial charge in [0.2, 0.25) is 0 Å². The fraction of sp³-hybridized carbons (Fsp3) is 1.00. The number of likely N-dealkylation sites (N-methyl/N-ethyl adjacent to an activating group) is 1. The molecule has 0 saturated carbocycles. The molecule has 0 radical (unpaired) electrons. The first-order valence-electron chi connectivity index (χ1n) is 6.05. The Morgan fingerprint density at radius 3 is 1.94 bits per heavy atom. The van der Waals surface area contributed by atoms with E-state index >= 15 is 0 Å². The highest BCUT2D eigenvalue weighted by molar-refractivity contribution is 4.70. The van der Waals surface area contributed by atoms with Crippen LogP contribution in [0.25, 0.3) is 0 Å². The number of hydrogen-bond acceptors (Lipinski definition) is 5. The maximum Gasteiger partial charge on any atom is 0.0751 e. The third-order valence-corrected chi connectivity index (χ3v) is 2.13. The van der Waals surface area contributed by atoms with Gasteiger partial charge in [-0.2, -0.15) is 0 Å². The van der Waals surface area contributed by atoms with Crippen molar-refractivity contribution in [3.05, 3.63) is 0 Å². The van der Waals surface area contributed by atoms with Crippen LogP contribution in [0.1, 0.15) is 13.8 Å². The summed E-state index contributed by atoms with van der Waals surface area (Å²) in [6, 6.07) is 0. The highest BCUT2D eigenvalue weighted by Gasteiger charge is 2.16. The summed E-state index contributed by atoms with van der Waals surface area (Å²) in [6.45, 7) is 8.57. The second-order valence-corrected chi connectivity index (χ2v) is 4.36. The largest absolute Gasteiger partial charge is 0.382 e. The second-order valence-electron chi connectivity index (χ2n) is 4.36. The summed E-state index contributed by atoms with van der Waals surface area (Å²) in [4.78, 5) is 0. The lowest BCUT2D eigenvalue weighted by Gasteiger charge is -2.24. The van der Waals surface area contributed by atoms with Crippen LogP contribution >= 0.6 is 0 Å². The number of hydrogen-bond donors (Lipinski definition) is 1. The standard InChI is InChI=1S/C12H27NO4/c1-12(2,11-13-3)17-10-9-16-8-7-15-6-5-14-4/h13H,5-11H2,1-4H3. The first-order valence-corrected chi connectivity index (χ1v) is 6.05. The predicted molar refractivity (Wildman–Crippen MR) is 67.5 cm³/mol. The summed E-state index contributed by atoms with van der Waals surface area (Å²) < 4.78 is 21.2. The lowest BCUT2D eigenvalue weighted by molar-refractivity contribution is -0.0514. The van der Waals surface area contributed by atoms with E-state index in [0.29, 0.717) is 39.6 Å². The number of methoxy groups -OCH3 is 1. The van der Waals surface area contributed by atoms with Crippen LogP contribution in [0.3, 0.4) is 0 Å². The molecule has 0 fully saturated rings. The van der Waals surface area contributed by atoms with Gasteiger partial charge in [0.25, 0.3) is 0 Å². The van der Waals surface area contributed by atoms with E-state index in [0.717, 1.165) is 6.54 Å². The molecule has 0 aliphatic heterocycles. The van der Waals surface area contributed by atoms with Crippen molar-refractivity contribution in [1.29, 1.82) is 0 Å². The van der Waals surface area contributed by atoms with Crippen molar-refractivity contribution in [3.63, 3.8) is 0 Å². The Balaban J connectivity index is 3.18. The number of nitrogens with one attached hydrogen (secondary N) is 1. The average molecular weight is 249 g/mol. The van der Waals surface area contributed by atoms with Gasteiger partial charge in [-0.15, -0.1) is 0 Å². The van der Waals surface area contributed by atoms with Gasteiger partial charge in [0.15, 0.2) is 0 Å². The molecule has 0 aromatic rings. The molecule has 0 aliphatic rings. The highest BCUT2D eigenvalue weighted by atomic mass is 16.6. The van der Waals surface area contributed by atoms with Crippen molar-refractivity contribution < 1.29 is 18.9 Å². The molecule has 5 heteroatoms. The molecule has 0 aromatic heterocycles. The van der Waals surface area contributed by atoms with Gasteiger partial charge >= 0.3 is 0 Å². The van der Waals surface area contributed by atoms with E-state index < -0.39 is 0 Å². The molecule has 0 unspecified atom stereocenters. The Morgan fingerprint density at radius 1 is 0.882 bits per heavy atom. The van der Waals surface area contributed by atoms with Gasteiger partial charge in [-0.05, 0) is 20.9 Å². The molecule has 104 valence electrons. The van der Waals surface area contributed by atoms with Crippen LogP contribution in [0.15, 0.2) is 0 Å². The van der Waals surface area contributed by atoms with Gasteiger partial charge in [-0.3, -0.25) is 0 Å². The van der Waals surface area contributed by atoms with Crippen LogP contribution in [-0.4, -0.2) is 65.9 Å². The molecular weight excluding hydrogens is 222 g/mol. The molecule has 0 rings (SSSR count). The van der Waals surface area contributed by atoms with E-state index in [4.69, 9.17) is 18.9 Å². The predicted octanol–water partition coefficient (Wildman–Crippen LogP) is 0.681. The summed E-state index contributed by atoms with van der Waals surface area (Å²) in [5, 5.41) is 3.09. The Bertz CT molecular complexity index is 165. The lowest BCUT2D eigenvalue weighted by atomic mass is 10.1. The first-order chi connectivity index (χ1) is 8.12. The Kier molecular flexibility index (Phi) is 10.8. The highest BCUT2D eigenvalue weighted by Crippen LogP contribution is 2.06. The minimum atomic E-state index is -0.146. The summed E-state index contributed by atoms with van der Waals surface area (Å²) >= 11 is 0. The van der Waals surface area contributed by atoms with Crippen LogP contribution in [0.5, 0.6) is 0 Å². The SMILES string of the molecule is CNCC(C)(C)OCCOCCOCCOC. The van der Waals surface area contributed by atoms with Gasteiger partial charge in [-0.1, -0.05) is 0 Å². The molecule has 0 heterocycles. The topological polar surface area (TPSA) is 49.0 Å². The van der Waals surface area contributed by atoms with E-state index in [1.807, 2.05) is 7.05 Å². The van der Waals surface area contributed by atoms with Gasteiger partial charge < -0.3 is 24.3 Å². The molecule has 0 aromatic carbocycles. The molecule has 0 amide bonds. The van der Waals surface area contributed by atoms with Crippen molar-refractivity contribution in [3.8, 4) is 0 Å². The zero-order chi connectivity index (χ0) is 13.0. The van der Waals surface area contributed by atoms with Crippen LogP contribution in [0, 0.1) is 0 Å². The summed E-state index contributed by atoms with van der Waals surface area (Å²) in [7, 11) is 3.57. The number of rotatable bonds is 12. The van der Waals surface area contributed by atoms with E-state index in [9.17, 15) is 0 Å². The second kappa shape index (κ2) is 10.9. The van der Waals surface area contributed by atoms with Crippen molar-refractivity contribution >= 4 is 0 Å². The van der Waals surface area contributed by atoms with Crippen LogP contribution in [0.2, 0.25) is 0 Å². The van der Waals surface area contributed by atoms with Crippen LogP contribution in [0.4, 0.5) is 0 Å². The van der Waals surface area contributed by atoms with Crippen LogP contribution in [-0.2, 0) is 18.9 Å². The maximum atomic E-state index is 5.67. The maximum absolute atomic E-state index is 5.67. The molecule has 17 heavy (non-hydrogen) atoms. The normalized spacial score (nSPS) is 12.0. The Hall–Kier alpha value is -0.200. The lowest BCUT2D eigenvalue weighted by Crippen LogP contribution is -2.36. The summed E-state index contributed by atoms with van der Waals surface area (Å²) in [5.41, 5.74) is -0.146. The van der Waals surface area contributed by atoms with E-state index in [2.05, 4.69) is 19.2 Å². The smallest absolute Gasteiger partial charge is 0.0751 e. The zero-order valence-electron chi connectivity index (χ0n) is 11.6. The quantitative estimate of drug-likeness (QED) is 0.515. The van der Waals surface area contributed by atoms with E-state index in [1.165, 1.54) is 0 Å². The average Bonchev–Trinajstić information content (AvgIpc) is 2.27. The monoisotopic (exact) mass is 249 g/mol. The van der Waals surface area contributed by atoms with Crippen molar-refractivity contribution in [2.45, 2.75) is 19.4 Å². The molecule has 0 spiro atoms. The van der Waals surface area contributed by atoms with Crippen molar-refractivity contribution in [1.82, 2.24) is 5.32 Å². The van der Waals surface area contributed by atoms with Crippen LogP contribution < -0.4 is 5.32 Å². The van der Waals surface area contributed by atoms with Crippen molar-refractivity contribution in [2.24, 2.45) is 0 Å². The van der Waals surface area contributed by atoms with Gasteiger partial charge in [0.1, 0.15) is 0 Å². The van der Waals surface area contributed by atoms with Gasteiger partial charge in [0.05, 0.1) is 45.2 Å². The molecular formula is C12H27NO4. The van der Waals surface area contributed by atoms with E-state index in [-0.39, 0.29) is 5.60 Å². The fourth-order valence-corrected chi connectivity index (χ4v) is 1.32. The summed E-state index contributed by atoms with van der Waals surface area (Å²) in [6.07, 6.45) is 0. The minimum Gasteiger partial charge on any atom is -0.382 e. The Labute approximate surface area is 105 Å². The van der Waals surface area contributed by atoms with Gasteiger partial charge in [-0.25, -0.2) is 0 Å². The Morgan fingerprint density at radius 2 is 1.41 bits per heavy atom. The van der Waals surface area contributed by atoms with Gasteiger partial charge in [0, 0.05) is 13.7 Å².